The maximum Gasteiger partial charge on any atom is 0.261 e. The number of methoxy groups -OCH3 is 3. The van der Waals surface area contributed by atoms with Crippen LogP contribution in [0.1, 0.15) is 16.8 Å². The molecule has 7 heteroatoms. The lowest BCUT2D eigenvalue weighted by Crippen LogP contribution is -2.50. The third-order valence-electron chi connectivity index (χ3n) is 4.08. The molecule has 2 rings (SSSR count). The fraction of sp³-hybridized carbons (Fsp3) is 0.529. The second kappa shape index (κ2) is 8.54. The summed E-state index contributed by atoms with van der Waals surface area (Å²) in [5.74, 6) is 0.878. The number of rotatable bonds is 6. The van der Waals surface area contributed by atoms with E-state index in [-0.39, 0.29) is 11.8 Å². The van der Waals surface area contributed by atoms with Gasteiger partial charge in [-0.2, -0.15) is 0 Å². The van der Waals surface area contributed by atoms with E-state index in [9.17, 15) is 9.59 Å². The number of piperazine rings is 1. The predicted molar refractivity (Wildman–Crippen MR) is 88.5 cm³/mol. The zero-order chi connectivity index (χ0) is 17.5. The summed E-state index contributed by atoms with van der Waals surface area (Å²) >= 11 is 0. The summed E-state index contributed by atoms with van der Waals surface area (Å²) in [5, 5.41) is 0. The van der Waals surface area contributed by atoms with E-state index < -0.39 is 0 Å². The number of amides is 2. The maximum atomic E-state index is 12.9. The first-order valence-corrected chi connectivity index (χ1v) is 7.89. The molecule has 1 aromatic carbocycles. The number of benzene rings is 1. The fourth-order valence-electron chi connectivity index (χ4n) is 2.73. The first-order valence-electron chi connectivity index (χ1n) is 7.89. The van der Waals surface area contributed by atoms with Crippen LogP contribution in [0, 0.1) is 0 Å². The molecule has 0 bridgehead atoms. The van der Waals surface area contributed by atoms with E-state index in [0.717, 1.165) is 0 Å². The lowest BCUT2D eigenvalue weighted by molar-refractivity contribution is -0.133. The van der Waals surface area contributed by atoms with Gasteiger partial charge in [0.2, 0.25) is 5.91 Å². The zero-order valence-electron chi connectivity index (χ0n) is 14.4. The normalized spacial score (nSPS) is 14.5. The van der Waals surface area contributed by atoms with Gasteiger partial charge in [0, 0.05) is 33.3 Å². The van der Waals surface area contributed by atoms with E-state index in [1.54, 1.807) is 35.1 Å². The summed E-state index contributed by atoms with van der Waals surface area (Å²) in [6.45, 7) is 2.42. The van der Waals surface area contributed by atoms with Crippen LogP contribution in [-0.4, -0.2) is 75.7 Å². The molecule has 0 atom stereocenters. The summed E-state index contributed by atoms with van der Waals surface area (Å²) < 4.78 is 15.5. The Hall–Kier alpha value is -2.28. The summed E-state index contributed by atoms with van der Waals surface area (Å²) in [5.41, 5.74) is 0.418. The van der Waals surface area contributed by atoms with Crippen LogP contribution in [0.5, 0.6) is 11.5 Å². The van der Waals surface area contributed by atoms with E-state index in [2.05, 4.69) is 0 Å². The summed E-state index contributed by atoms with van der Waals surface area (Å²) in [7, 11) is 4.63. The molecule has 0 spiro atoms. The molecule has 0 saturated carbocycles. The number of carbonyl (C=O) groups excluding carboxylic acids is 2. The van der Waals surface area contributed by atoms with Crippen LogP contribution in [0.15, 0.2) is 18.2 Å². The molecule has 1 fully saturated rings. The monoisotopic (exact) mass is 336 g/mol. The van der Waals surface area contributed by atoms with Crippen molar-refractivity contribution in [3.8, 4) is 11.5 Å². The molecular formula is C17H24N2O5. The molecule has 7 nitrogen and oxygen atoms in total. The van der Waals surface area contributed by atoms with Crippen molar-refractivity contribution in [2.75, 3.05) is 54.1 Å². The quantitative estimate of drug-likeness (QED) is 0.776. The number of hydrogen-bond donors (Lipinski definition) is 0. The molecule has 1 heterocycles. The van der Waals surface area contributed by atoms with Gasteiger partial charge >= 0.3 is 0 Å². The van der Waals surface area contributed by atoms with Crippen LogP contribution in [0.25, 0.3) is 0 Å². The number of carbonyl (C=O) groups is 2. The highest BCUT2D eigenvalue weighted by molar-refractivity contribution is 5.99. The van der Waals surface area contributed by atoms with Gasteiger partial charge in [-0.1, -0.05) is 6.07 Å². The van der Waals surface area contributed by atoms with Crippen LogP contribution in [0.4, 0.5) is 0 Å². The molecule has 1 aliphatic heterocycles. The number of hydrogen-bond acceptors (Lipinski definition) is 5. The van der Waals surface area contributed by atoms with Crippen LogP contribution in [0.3, 0.4) is 0 Å². The van der Waals surface area contributed by atoms with Crippen molar-refractivity contribution in [3.05, 3.63) is 23.8 Å². The Morgan fingerprint density at radius 3 is 2.00 bits per heavy atom. The third kappa shape index (κ3) is 3.97. The van der Waals surface area contributed by atoms with Gasteiger partial charge in [0.15, 0.2) is 0 Å². The van der Waals surface area contributed by atoms with E-state index >= 15 is 0 Å². The maximum absolute atomic E-state index is 12.9. The second-order valence-electron chi connectivity index (χ2n) is 5.45. The molecule has 0 aliphatic carbocycles. The van der Waals surface area contributed by atoms with E-state index in [1.165, 1.54) is 14.2 Å². The highest BCUT2D eigenvalue weighted by Crippen LogP contribution is 2.29. The highest BCUT2D eigenvalue weighted by atomic mass is 16.5. The molecule has 24 heavy (non-hydrogen) atoms. The Balaban J connectivity index is 2.05. The van der Waals surface area contributed by atoms with Gasteiger partial charge in [-0.3, -0.25) is 9.59 Å². The molecular weight excluding hydrogens is 312 g/mol. The molecule has 1 aromatic rings. The van der Waals surface area contributed by atoms with Gasteiger partial charge in [-0.15, -0.1) is 0 Å². The molecule has 0 radical (unpaired) electrons. The van der Waals surface area contributed by atoms with Gasteiger partial charge in [-0.05, 0) is 12.1 Å². The third-order valence-corrected chi connectivity index (χ3v) is 4.08. The van der Waals surface area contributed by atoms with Crippen molar-refractivity contribution >= 4 is 11.8 Å². The topological polar surface area (TPSA) is 68.3 Å². The minimum Gasteiger partial charge on any atom is -0.496 e. The van der Waals surface area contributed by atoms with Crippen molar-refractivity contribution < 1.29 is 23.8 Å². The lowest BCUT2D eigenvalue weighted by atomic mass is 10.1. The number of nitrogens with zero attached hydrogens (tertiary/aromatic N) is 2. The van der Waals surface area contributed by atoms with Crippen LogP contribution >= 0.6 is 0 Å². The smallest absolute Gasteiger partial charge is 0.261 e. The van der Waals surface area contributed by atoms with Gasteiger partial charge in [0.25, 0.3) is 5.91 Å². The summed E-state index contributed by atoms with van der Waals surface area (Å²) in [6.07, 6.45) is 0.366. The summed E-state index contributed by atoms with van der Waals surface area (Å²) in [4.78, 5) is 28.3. The lowest BCUT2D eigenvalue weighted by Gasteiger charge is -2.35. The molecule has 0 aromatic heterocycles. The molecule has 0 N–H and O–H groups in total. The Morgan fingerprint density at radius 1 is 0.958 bits per heavy atom. The van der Waals surface area contributed by atoms with Gasteiger partial charge < -0.3 is 24.0 Å². The van der Waals surface area contributed by atoms with E-state index in [1.807, 2.05) is 0 Å². The molecule has 132 valence electrons. The molecule has 1 aliphatic rings. The van der Waals surface area contributed by atoms with Gasteiger partial charge in [-0.25, -0.2) is 0 Å². The largest absolute Gasteiger partial charge is 0.496 e. The van der Waals surface area contributed by atoms with Crippen molar-refractivity contribution in [1.29, 1.82) is 0 Å². The van der Waals surface area contributed by atoms with Crippen molar-refractivity contribution in [3.63, 3.8) is 0 Å². The molecule has 1 saturated heterocycles. The second-order valence-corrected chi connectivity index (χ2v) is 5.45. The fourth-order valence-corrected chi connectivity index (χ4v) is 2.73. The first kappa shape index (κ1) is 18.1. The van der Waals surface area contributed by atoms with E-state index in [0.29, 0.717) is 56.3 Å². The standard InChI is InChI=1S/C17H24N2O5/c1-22-12-7-15(20)18-8-10-19(11-9-18)17(21)16-13(23-2)5-4-6-14(16)24-3/h4-6H,7-12H2,1-3H3. The zero-order valence-corrected chi connectivity index (χ0v) is 14.4. The van der Waals surface area contributed by atoms with Crippen molar-refractivity contribution in [2.24, 2.45) is 0 Å². The molecule has 2 amide bonds. The highest BCUT2D eigenvalue weighted by Gasteiger charge is 2.28. The Kier molecular flexibility index (Phi) is 6.43. The Labute approximate surface area is 142 Å². The van der Waals surface area contributed by atoms with Crippen molar-refractivity contribution in [1.82, 2.24) is 9.80 Å². The minimum atomic E-state index is -0.145. The minimum absolute atomic E-state index is 0.0545. The first-order chi connectivity index (χ1) is 11.6. The Bertz CT molecular complexity index is 560. The molecule has 0 unspecified atom stereocenters. The SMILES string of the molecule is COCCC(=O)N1CCN(C(=O)c2c(OC)cccc2OC)CC1. The Morgan fingerprint density at radius 2 is 1.50 bits per heavy atom. The predicted octanol–water partition coefficient (Wildman–Crippen LogP) is 1.02. The van der Waals surface area contributed by atoms with Crippen LogP contribution < -0.4 is 9.47 Å². The van der Waals surface area contributed by atoms with Crippen molar-refractivity contribution in [2.45, 2.75) is 6.42 Å². The average molecular weight is 336 g/mol. The van der Waals surface area contributed by atoms with E-state index in [4.69, 9.17) is 14.2 Å². The van der Waals surface area contributed by atoms with Gasteiger partial charge in [0.1, 0.15) is 17.1 Å². The van der Waals surface area contributed by atoms with Gasteiger partial charge in [0.05, 0.1) is 27.2 Å². The summed E-state index contributed by atoms with van der Waals surface area (Å²) in [6, 6.07) is 5.25. The van der Waals surface area contributed by atoms with Crippen LogP contribution in [0.2, 0.25) is 0 Å². The van der Waals surface area contributed by atoms with Crippen LogP contribution in [-0.2, 0) is 9.53 Å². The number of ether oxygens (including phenoxy) is 3. The average Bonchev–Trinajstić information content (AvgIpc) is 2.64.